The van der Waals surface area contributed by atoms with Crippen molar-refractivity contribution >= 4 is 46.7 Å². The van der Waals surface area contributed by atoms with Crippen LogP contribution < -0.4 is 0 Å². The van der Waals surface area contributed by atoms with E-state index in [-0.39, 0.29) is 16.3 Å². The lowest BCUT2D eigenvalue weighted by Gasteiger charge is -2.04. The number of hydrogen-bond acceptors (Lipinski definition) is 5. The van der Waals surface area contributed by atoms with Gasteiger partial charge in [0.2, 0.25) is 5.78 Å². The van der Waals surface area contributed by atoms with Crippen LogP contribution in [0.5, 0.6) is 0 Å². The molecule has 0 fully saturated rings. The highest BCUT2D eigenvalue weighted by Crippen LogP contribution is 2.21. The zero-order chi connectivity index (χ0) is 18.4. The Morgan fingerprint density at radius 2 is 1.92 bits per heavy atom. The normalized spacial score (nSPS) is 10.6. The van der Waals surface area contributed by atoms with Crippen LogP contribution in [-0.4, -0.2) is 23.3 Å². The molecule has 2 aromatic carbocycles. The molecule has 0 bridgehead atoms. The van der Waals surface area contributed by atoms with Crippen LogP contribution in [0.2, 0.25) is 10.0 Å². The number of nitro benzene ring substituents is 1. The van der Waals surface area contributed by atoms with Crippen molar-refractivity contribution in [3.8, 4) is 0 Å². The smallest absolute Gasteiger partial charge is 0.331 e. The Morgan fingerprint density at radius 1 is 1.16 bits per heavy atom. The first-order valence-electron chi connectivity index (χ1n) is 6.94. The van der Waals surface area contributed by atoms with E-state index in [9.17, 15) is 19.7 Å². The minimum Gasteiger partial charge on any atom is -0.454 e. The highest BCUT2D eigenvalue weighted by Gasteiger charge is 2.12. The predicted molar refractivity (Wildman–Crippen MR) is 93.9 cm³/mol. The van der Waals surface area contributed by atoms with Gasteiger partial charge in [0.25, 0.3) is 5.69 Å². The molecule has 25 heavy (non-hydrogen) atoms. The molecule has 128 valence electrons. The van der Waals surface area contributed by atoms with Gasteiger partial charge in [-0.3, -0.25) is 14.9 Å². The Morgan fingerprint density at radius 3 is 2.60 bits per heavy atom. The van der Waals surface area contributed by atoms with Gasteiger partial charge in [-0.15, -0.1) is 0 Å². The summed E-state index contributed by atoms with van der Waals surface area (Å²) >= 11 is 11.7. The number of ether oxygens (including phenoxy) is 1. The fourth-order valence-electron chi connectivity index (χ4n) is 1.88. The van der Waals surface area contributed by atoms with E-state index in [1.165, 1.54) is 42.5 Å². The molecule has 0 atom stereocenters. The zero-order valence-electron chi connectivity index (χ0n) is 12.6. The second kappa shape index (κ2) is 8.41. The van der Waals surface area contributed by atoms with Crippen LogP contribution in [0.25, 0.3) is 6.08 Å². The maximum absolute atomic E-state index is 12.0. The van der Waals surface area contributed by atoms with Crippen molar-refractivity contribution in [2.45, 2.75) is 0 Å². The second-order valence-electron chi connectivity index (χ2n) is 4.84. The van der Waals surface area contributed by atoms with Crippen molar-refractivity contribution in [2.24, 2.45) is 0 Å². The number of carbonyl (C=O) groups is 2. The number of carbonyl (C=O) groups excluding carboxylic acids is 2. The fraction of sp³-hybridized carbons (Fsp3) is 0.0588. The summed E-state index contributed by atoms with van der Waals surface area (Å²) in [6.07, 6.45) is 2.44. The van der Waals surface area contributed by atoms with Crippen molar-refractivity contribution in [1.82, 2.24) is 0 Å². The quantitative estimate of drug-likeness (QED) is 0.245. The van der Waals surface area contributed by atoms with E-state index in [0.29, 0.717) is 10.6 Å². The van der Waals surface area contributed by atoms with Gasteiger partial charge in [0.1, 0.15) is 0 Å². The summed E-state index contributed by atoms with van der Waals surface area (Å²) in [6, 6.07) is 10.1. The van der Waals surface area contributed by atoms with E-state index < -0.39 is 23.3 Å². The third-order valence-corrected chi connectivity index (χ3v) is 3.62. The lowest BCUT2D eigenvalue weighted by Crippen LogP contribution is -2.13. The molecule has 0 saturated carbocycles. The van der Waals surface area contributed by atoms with Crippen LogP contribution in [0.3, 0.4) is 0 Å². The number of esters is 1. The fourth-order valence-corrected chi connectivity index (χ4v) is 2.40. The highest BCUT2D eigenvalue weighted by molar-refractivity contribution is 6.36. The summed E-state index contributed by atoms with van der Waals surface area (Å²) < 4.78 is 4.84. The average Bonchev–Trinajstić information content (AvgIpc) is 2.58. The number of non-ortho nitro benzene ring substituents is 1. The molecule has 2 aromatic rings. The molecule has 0 aliphatic rings. The van der Waals surface area contributed by atoms with Gasteiger partial charge < -0.3 is 4.74 Å². The van der Waals surface area contributed by atoms with E-state index in [2.05, 4.69) is 0 Å². The van der Waals surface area contributed by atoms with E-state index in [4.69, 9.17) is 27.9 Å². The number of Topliss-reactive ketones (excluding diaryl/α,β-unsaturated/α-hetero) is 1. The molecule has 2 rings (SSSR count). The van der Waals surface area contributed by atoms with Crippen molar-refractivity contribution in [2.75, 3.05) is 6.61 Å². The number of hydrogen-bond donors (Lipinski definition) is 0. The predicted octanol–water partition coefficient (Wildman–Crippen LogP) is 4.34. The van der Waals surface area contributed by atoms with E-state index in [1.54, 1.807) is 6.07 Å². The Hall–Kier alpha value is -2.70. The van der Waals surface area contributed by atoms with Crippen LogP contribution in [0.4, 0.5) is 5.69 Å². The SMILES string of the molecule is O=C(/C=C/c1cccc([N+](=O)[O-])c1)OCC(=O)c1ccc(Cl)cc1Cl. The Bertz CT molecular complexity index is 864. The van der Waals surface area contributed by atoms with Crippen LogP contribution in [0, 0.1) is 10.1 Å². The molecule has 0 aliphatic heterocycles. The maximum Gasteiger partial charge on any atom is 0.331 e. The molecule has 0 unspecified atom stereocenters. The largest absolute Gasteiger partial charge is 0.454 e. The summed E-state index contributed by atoms with van der Waals surface area (Å²) in [7, 11) is 0. The minimum absolute atomic E-state index is 0.0944. The van der Waals surface area contributed by atoms with Gasteiger partial charge in [0, 0.05) is 28.8 Å². The van der Waals surface area contributed by atoms with E-state index in [0.717, 1.165) is 6.08 Å². The first-order valence-corrected chi connectivity index (χ1v) is 7.70. The molecule has 0 aromatic heterocycles. The molecule has 0 spiro atoms. The topological polar surface area (TPSA) is 86.5 Å². The molecular weight excluding hydrogens is 369 g/mol. The molecule has 0 radical (unpaired) electrons. The van der Waals surface area contributed by atoms with Crippen LogP contribution in [-0.2, 0) is 9.53 Å². The van der Waals surface area contributed by atoms with Crippen molar-refractivity contribution in [3.63, 3.8) is 0 Å². The second-order valence-corrected chi connectivity index (χ2v) is 5.68. The third kappa shape index (κ3) is 5.41. The molecule has 0 amide bonds. The minimum atomic E-state index is -0.759. The molecule has 0 saturated heterocycles. The molecule has 8 heteroatoms. The van der Waals surface area contributed by atoms with Crippen molar-refractivity contribution in [1.29, 1.82) is 0 Å². The Kier molecular flexibility index (Phi) is 6.27. The van der Waals surface area contributed by atoms with Crippen LogP contribution in [0.15, 0.2) is 48.5 Å². The van der Waals surface area contributed by atoms with Gasteiger partial charge in [0.15, 0.2) is 6.61 Å². The summed E-state index contributed by atoms with van der Waals surface area (Å²) in [4.78, 5) is 33.8. The van der Waals surface area contributed by atoms with Gasteiger partial charge in [-0.2, -0.15) is 0 Å². The van der Waals surface area contributed by atoms with Gasteiger partial charge in [-0.05, 0) is 29.8 Å². The Labute approximate surface area is 152 Å². The molecule has 0 N–H and O–H groups in total. The number of nitrogens with zero attached hydrogens (tertiary/aromatic N) is 1. The summed E-state index contributed by atoms with van der Waals surface area (Å²) in [6.45, 7) is -0.487. The molecular formula is C17H11Cl2NO5. The summed E-state index contributed by atoms with van der Waals surface area (Å²) in [5.74, 6) is -1.23. The van der Waals surface area contributed by atoms with Gasteiger partial charge >= 0.3 is 5.97 Å². The maximum atomic E-state index is 12.0. The van der Waals surface area contributed by atoms with Gasteiger partial charge in [-0.25, -0.2) is 4.79 Å². The summed E-state index contributed by atoms with van der Waals surface area (Å²) in [5, 5.41) is 11.2. The number of rotatable bonds is 6. The van der Waals surface area contributed by atoms with Crippen molar-refractivity contribution in [3.05, 3.63) is 79.8 Å². The monoisotopic (exact) mass is 379 g/mol. The first kappa shape index (κ1) is 18.6. The standard InChI is InChI=1S/C17H11Cl2NO5/c18-12-5-6-14(15(19)9-12)16(21)10-25-17(22)7-4-11-2-1-3-13(8-11)20(23)24/h1-9H,10H2/b7-4+. The third-order valence-electron chi connectivity index (χ3n) is 3.07. The Balaban J connectivity index is 1.95. The highest BCUT2D eigenvalue weighted by atomic mass is 35.5. The first-order chi connectivity index (χ1) is 11.9. The van der Waals surface area contributed by atoms with Crippen molar-refractivity contribution < 1.29 is 19.2 Å². The molecule has 0 aliphatic carbocycles. The van der Waals surface area contributed by atoms with Crippen LogP contribution in [0.1, 0.15) is 15.9 Å². The average molecular weight is 380 g/mol. The van der Waals surface area contributed by atoms with Gasteiger partial charge in [-0.1, -0.05) is 35.3 Å². The number of ketones is 1. The molecule has 6 nitrogen and oxygen atoms in total. The number of halogens is 2. The lowest BCUT2D eigenvalue weighted by atomic mass is 10.1. The van der Waals surface area contributed by atoms with Gasteiger partial charge in [0.05, 0.1) is 9.95 Å². The number of nitro groups is 1. The van der Waals surface area contributed by atoms with E-state index >= 15 is 0 Å². The number of benzene rings is 2. The zero-order valence-corrected chi connectivity index (χ0v) is 14.2. The molecule has 0 heterocycles. The lowest BCUT2D eigenvalue weighted by molar-refractivity contribution is -0.384. The van der Waals surface area contributed by atoms with Crippen LogP contribution >= 0.6 is 23.2 Å². The summed E-state index contributed by atoms with van der Waals surface area (Å²) in [5.41, 5.74) is 0.558. The van der Waals surface area contributed by atoms with E-state index in [1.807, 2.05) is 0 Å².